The van der Waals surface area contributed by atoms with Crippen molar-refractivity contribution in [1.82, 2.24) is 19.7 Å². The molecular weight excluding hydrogens is 437 g/mol. The lowest BCUT2D eigenvalue weighted by atomic mass is 9.85. The minimum Gasteiger partial charge on any atom is -0.364 e. The third-order valence-electron chi connectivity index (χ3n) is 7.24. The van der Waals surface area contributed by atoms with Crippen molar-refractivity contribution in [2.45, 2.75) is 50.7 Å². The zero-order chi connectivity index (χ0) is 24.0. The Labute approximate surface area is 197 Å². The summed E-state index contributed by atoms with van der Waals surface area (Å²) in [7, 11) is 1.87. The van der Waals surface area contributed by atoms with Crippen LogP contribution in [0.5, 0.6) is 0 Å². The Morgan fingerprint density at radius 2 is 1.91 bits per heavy atom. The fraction of sp³-hybridized carbons (Fsp3) is 0.440. The third-order valence-corrected chi connectivity index (χ3v) is 7.24. The molecule has 8 nitrogen and oxygen atoms in total. The van der Waals surface area contributed by atoms with E-state index in [-0.39, 0.29) is 37.1 Å². The van der Waals surface area contributed by atoms with Crippen molar-refractivity contribution in [1.29, 1.82) is 0 Å². The van der Waals surface area contributed by atoms with E-state index in [0.717, 1.165) is 49.2 Å². The molecule has 2 saturated heterocycles. The number of carbonyl (C=O) groups excluding carboxylic acids is 3. The molecule has 1 N–H and O–H groups in total. The van der Waals surface area contributed by atoms with Gasteiger partial charge in [-0.05, 0) is 73.2 Å². The minimum absolute atomic E-state index is 0.129. The average Bonchev–Trinajstić information content (AvgIpc) is 3.33. The Morgan fingerprint density at radius 3 is 2.59 bits per heavy atom. The number of aromatic nitrogens is 1. The summed E-state index contributed by atoms with van der Waals surface area (Å²) in [5.41, 5.74) is 3.09. The molecule has 1 aromatic carbocycles. The van der Waals surface area contributed by atoms with E-state index in [1.54, 1.807) is 6.07 Å². The fourth-order valence-corrected chi connectivity index (χ4v) is 5.50. The van der Waals surface area contributed by atoms with E-state index in [9.17, 15) is 18.8 Å². The summed E-state index contributed by atoms with van der Waals surface area (Å²) in [6.07, 6.45) is 4.13. The lowest BCUT2D eigenvalue weighted by molar-refractivity contribution is -0.136. The first-order valence-corrected chi connectivity index (χ1v) is 11.6. The molecule has 0 saturated carbocycles. The van der Waals surface area contributed by atoms with E-state index in [1.165, 1.54) is 11.0 Å². The number of hydrogen-bond donors (Lipinski definition) is 1. The Balaban J connectivity index is 1.30. The summed E-state index contributed by atoms with van der Waals surface area (Å²) in [4.78, 5) is 44.3. The molecule has 1 aromatic heterocycles. The van der Waals surface area contributed by atoms with Crippen molar-refractivity contribution in [2.24, 2.45) is 7.05 Å². The van der Waals surface area contributed by atoms with Gasteiger partial charge in [0, 0.05) is 25.1 Å². The van der Waals surface area contributed by atoms with Gasteiger partial charge in [-0.15, -0.1) is 0 Å². The maximum absolute atomic E-state index is 14.6. The Morgan fingerprint density at radius 1 is 1.15 bits per heavy atom. The second kappa shape index (κ2) is 8.69. The Bertz CT molecular complexity index is 1220. The minimum atomic E-state index is -0.707. The summed E-state index contributed by atoms with van der Waals surface area (Å²) in [6.45, 7) is 9.93. The van der Waals surface area contributed by atoms with Gasteiger partial charge in [0.05, 0.1) is 13.2 Å². The molecule has 0 aliphatic carbocycles. The second-order valence-electron chi connectivity index (χ2n) is 9.40. The highest BCUT2D eigenvalue weighted by Gasteiger charge is 2.41. The molecule has 0 radical (unpaired) electrons. The quantitative estimate of drug-likeness (QED) is 0.559. The molecule has 3 amide bonds. The molecule has 3 aliphatic heterocycles. The predicted octanol–water partition coefficient (Wildman–Crippen LogP) is 2.86. The maximum Gasteiger partial charge on any atom is 0.255 e. The summed E-state index contributed by atoms with van der Waals surface area (Å²) in [6, 6.07) is 4.02. The normalized spacial score (nSPS) is 21.5. The van der Waals surface area contributed by atoms with E-state index in [0.29, 0.717) is 11.4 Å². The average molecular weight is 464 g/mol. The van der Waals surface area contributed by atoms with Crippen LogP contribution in [0.25, 0.3) is 4.85 Å². The van der Waals surface area contributed by atoms with Gasteiger partial charge < -0.3 is 14.3 Å². The first-order valence-electron chi connectivity index (χ1n) is 11.6. The third kappa shape index (κ3) is 3.99. The lowest BCUT2D eigenvalue weighted by Crippen LogP contribution is -2.52. The SMILES string of the molecule is [C-]#[N+]c1cc(CN2CCC(c3cc(F)cc4c3CN(C3CCC(=O)NC3=O)C4=O)CC2)cn1C. The molecule has 2 fully saturated rings. The molecule has 3 aliphatic rings. The van der Waals surface area contributed by atoms with Gasteiger partial charge in [0.2, 0.25) is 17.6 Å². The molecule has 9 heteroatoms. The Hall–Kier alpha value is -3.51. The lowest BCUT2D eigenvalue weighted by Gasteiger charge is -2.33. The summed E-state index contributed by atoms with van der Waals surface area (Å²) >= 11 is 0. The van der Waals surface area contributed by atoms with Gasteiger partial charge >= 0.3 is 0 Å². The number of fused-ring (bicyclic) bond motifs is 1. The van der Waals surface area contributed by atoms with E-state index in [1.807, 2.05) is 23.9 Å². The van der Waals surface area contributed by atoms with Crippen molar-refractivity contribution in [3.8, 4) is 0 Å². The van der Waals surface area contributed by atoms with Gasteiger partial charge in [0.1, 0.15) is 11.9 Å². The number of halogens is 1. The molecule has 0 spiro atoms. The van der Waals surface area contributed by atoms with Gasteiger partial charge in [-0.25, -0.2) is 4.39 Å². The fourth-order valence-electron chi connectivity index (χ4n) is 5.50. The van der Waals surface area contributed by atoms with Crippen LogP contribution in [0.3, 0.4) is 0 Å². The molecule has 1 unspecified atom stereocenters. The number of nitrogens with one attached hydrogen (secondary N) is 1. The van der Waals surface area contributed by atoms with E-state index in [2.05, 4.69) is 15.1 Å². The zero-order valence-electron chi connectivity index (χ0n) is 19.0. The van der Waals surface area contributed by atoms with Gasteiger partial charge in [-0.2, -0.15) is 0 Å². The number of hydrogen-bond acceptors (Lipinski definition) is 4. The molecule has 1 atom stereocenters. The number of likely N-dealkylation sites (tertiary alicyclic amines) is 1. The number of piperidine rings is 2. The van der Waals surface area contributed by atoms with Crippen LogP contribution in [0.4, 0.5) is 10.2 Å². The number of carbonyl (C=O) groups is 3. The van der Waals surface area contributed by atoms with Crippen LogP contribution >= 0.6 is 0 Å². The summed E-state index contributed by atoms with van der Waals surface area (Å²) in [5, 5.41) is 2.31. The summed E-state index contributed by atoms with van der Waals surface area (Å²) < 4.78 is 16.4. The van der Waals surface area contributed by atoms with Crippen molar-refractivity contribution in [3.63, 3.8) is 0 Å². The largest absolute Gasteiger partial charge is 0.364 e. The smallest absolute Gasteiger partial charge is 0.255 e. The van der Waals surface area contributed by atoms with Crippen LogP contribution in [0.2, 0.25) is 0 Å². The second-order valence-corrected chi connectivity index (χ2v) is 9.40. The highest BCUT2D eigenvalue weighted by atomic mass is 19.1. The van der Waals surface area contributed by atoms with Crippen LogP contribution in [0, 0.1) is 12.4 Å². The van der Waals surface area contributed by atoms with Crippen LogP contribution in [-0.2, 0) is 29.7 Å². The van der Waals surface area contributed by atoms with Gasteiger partial charge in [-0.3, -0.25) is 24.6 Å². The first-order chi connectivity index (χ1) is 16.3. The number of imide groups is 1. The Kier molecular flexibility index (Phi) is 5.70. The molecular formula is C25H26FN5O3. The van der Waals surface area contributed by atoms with Crippen molar-refractivity contribution >= 4 is 23.5 Å². The highest BCUT2D eigenvalue weighted by Crippen LogP contribution is 2.38. The molecule has 4 heterocycles. The molecule has 34 heavy (non-hydrogen) atoms. The zero-order valence-corrected chi connectivity index (χ0v) is 19.0. The first kappa shape index (κ1) is 22.3. The molecule has 5 rings (SSSR count). The number of rotatable bonds is 4. The van der Waals surface area contributed by atoms with Crippen LogP contribution in [-0.4, -0.2) is 51.2 Å². The number of amides is 3. The molecule has 0 bridgehead atoms. The number of nitrogens with zero attached hydrogens (tertiary/aromatic N) is 4. The predicted molar refractivity (Wildman–Crippen MR) is 121 cm³/mol. The van der Waals surface area contributed by atoms with Crippen molar-refractivity contribution in [2.75, 3.05) is 13.1 Å². The maximum atomic E-state index is 14.6. The van der Waals surface area contributed by atoms with Crippen molar-refractivity contribution < 1.29 is 18.8 Å². The van der Waals surface area contributed by atoms with Gasteiger partial charge in [-0.1, -0.05) is 6.57 Å². The topological polar surface area (TPSA) is 79.0 Å². The van der Waals surface area contributed by atoms with E-state index >= 15 is 0 Å². The highest BCUT2D eigenvalue weighted by molar-refractivity contribution is 6.05. The van der Waals surface area contributed by atoms with Crippen LogP contribution in [0.1, 0.15) is 58.6 Å². The summed E-state index contributed by atoms with van der Waals surface area (Å²) in [5.74, 6) is -0.831. The van der Waals surface area contributed by atoms with Gasteiger partial charge in [0.25, 0.3) is 5.91 Å². The number of aryl methyl sites for hydroxylation is 1. The molecule has 2 aromatic rings. The van der Waals surface area contributed by atoms with Crippen LogP contribution in [0.15, 0.2) is 24.4 Å². The molecule has 176 valence electrons. The number of benzene rings is 1. The van der Waals surface area contributed by atoms with Crippen molar-refractivity contribution in [3.05, 3.63) is 63.9 Å². The van der Waals surface area contributed by atoms with Gasteiger partial charge in [0.15, 0.2) is 0 Å². The standard InChI is InChI=1S/C25H26FN5O3/c1-27-22-9-15(12-29(22)2)13-30-7-5-16(6-8-30)18-10-17(26)11-19-20(18)14-31(25(19)34)21-3-4-23(32)28-24(21)33/h9-12,16,21H,3-8,13-14H2,2H3,(H,28,32,33). The van der Waals surface area contributed by atoms with E-state index in [4.69, 9.17) is 6.57 Å². The van der Waals surface area contributed by atoms with Crippen LogP contribution < -0.4 is 5.32 Å². The van der Waals surface area contributed by atoms with E-state index < -0.39 is 17.8 Å². The monoisotopic (exact) mass is 463 g/mol.